The Labute approximate surface area is 128 Å². The van der Waals surface area contributed by atoms with Crippen molar-refractivity contribution in [1.29, 1.82) is 0 Å². The van der Waals surface area contributed by atoms with Crippen molar-refractivity contribution in [2.24, 2.45) is 0 Å². The Morgan fingerprint density at radius 2 is 1.90 bits per heavy atom. The van der Waals surface area contributed by atoms with Gasteiger partial charge in [-0.05, 0) is 38.6 Å². The first kappa shape index (κ1) is 14.2. The van der Waals surface area contributed by atoms with Gasteiger partial charge in [-0.3, -0.25) is 9.58 Å². The smallest absolute Gasteiger partial charge is 0.105 e. The van der Waals surface area contributed by atoms with Crippen LogP contribution in [0.5, 0.6) is 0 Å². The van der Waals surface area contributed by atoms with E-state index in [1.165, 1.54) is 22.9 Å². The van der Waals surface area contributed by atoms with Crippen LogP contribution >= 0.6 is 11.7 Å². The Kier molecular flexibility index (Phi) is 3.98. The maximum Gasteiger partial charge on any atom is 0.105 e. The van der Waals surface area contributed by atoms with Crippen LogP contribution in [0.4, 0.5) is 0 Å². The van der Waals surface area contributed by atoms with Crippen molar-refractivity contribution < 1.29 is 0 Å². The van der Waals surface area contributed by atoms with E-state index < -0.39 is 0 Å². The normalized spacial score (nSPS) is 11.9. The van der Waals surface area contributed by atoms with E-state index >= 15 is 0 Å². The average molecular weight is 301 g/mol. The van der Waals surface area contributed by atoms with Gasteiger partial charge >= 0.3 is 0 Å². The molecule has 0 unspecified atom stereocenters. The van der Waals surface area contributed by atoms with Crippen molar-refractivity contribution >= 4 is 22.8 Å². The second kappa shape index (κ2) is 5.91. The Balaban J connectivity index is 1.66. The van der Waals surface area contributed by atoms with Gasteiger partial charge in [0, 0.05) is 30.9 Å². The van der Waals surface area contributed by atoms with Crippen molar-refractivity contribution in [3.8, 4) is 0 Å². The molecular weight excluding hydrogens is 282 g/mol. The fourth-order valence-electron chi connectivity index (χ4n) is 2.35. The molecule has 0 aliphatic rings. The largest absolute Gasteiger partial charge is 0.298 e. The predicted molar refractivity (Wildman–Crippen MR) is 85.2 cm³/mol. The summed E-state index contributed by atoms with van der Waals surface area (Å²) in [6.07, 6.45) is 4.07. The van der Waals surface area contributed by atoms with Crippen molar-refractivity contribution in [2.45, 2.75) is 33.0 Å². The maximum atomic E-state index is 4.38. The Morgan fingerprint density at radius 1 is 1.14 bits per heavy atom. The molecule has 2 aromatic heterocycles. The summed E-state index contributed by atoms with van der Waals surface area (Å²) in [6, 6.07) is 6.69. The summed E-state index contributed by atoms with van der Waals surface area (Å²) in [5.41, 5.74) is 4.46. The van der Waals surface area contributed by atoms with Gasteiger partial charge in [0.25, 0.3) is 0 Å². The van der Waals surface area contributed by atoms with Crippen molar-refractivity contribution in [1.82, 2.24) is 23.4 Å². The molecule has 3 rings (SSSR count). The highest BCUT2D eigenvalue weighted by molar-refractivity contribution is 7.00. The zero-order chi connectivity index (χ0) is 14.8. The minimum Gasteiger partial charge on any atom is -0.298 e. The second-order valence-corrected chi connectivity index (χ2v) is 6.21. The molecule has 21 heavy (non-hydrogen) atoms. The molecule has 2 heterocycles. The third-order valence-electron chi connectivity index (χ3n) is 3.41. The lowest BCUT2D eigenvalue weighted by molar-refractivity contribution is 0.319. The first-order chi connectivity index (χ1) is 10.1. The average Bonchev–Trinajstić information content (AvgIpc) is 3.06. The Morgan fingerprint density at radius 3 is 2.67 bits per heavy atom. The van der Waals surface area contributed by atoms with E-state index in [9.17, 15) is 0 Å². The summed E-state index contributed by atoms with van der Waals surface area (Å²) in [7, 11) is 2.12. The maximum absolute atomic E-state index is 4.38. The number of rotatable bonds is 5. The molecule has 0 amide bonds. The number of benzene rings is 1. The standard InChI is InChI=1S/C15H19N5S/c1-11(2)20-10-13(7-16-20)9-19(3)8-12-4-5-14-15(6-12)18-21-17-14/h4-7,10-11H,8-9H2,1-3H3. The summed E-state index contributed by atoms with van der Waals surface area (Å²) in [6.45, 7) is 6.05. The quantitative estimate of drug-likeness (QED) is 0.726. The van der Waals surface area contributed by atoms with Gasteiger partial charge in [0.1, 0.15) is 11.0 Å². The molecule has 1 aromatic carbocycles. The third kappa shape index (κ3) is 3.28. The summed E-state index contributed by atoms with van der Waals surface area (Å²) in [5.74, 6) is 0. The van der Waals surface area contributed by atoms with E-state index in [1.807, 2.05) is 16.9 Å². The van der Waals surface area contributed by atoms with Crippen LogP contribution in [0.25, 0.3) is 11.0 Å². The third-order valence-corrected chi connectivity index (χ3v) is 3.96. The molecule has 0 radical (unpaired) electrons. The van der Waals surface area contributed by atoms with E-state index in [2.05, 4.69) is 58.0 Å². The molecule has 0 saturated carbocycles. The van der Waals surface area contributed by atoms with Crippen molar-refractivity contribution in [3.63, 3.8) is 0 Å². The molecule has 0 aliphatic heterocycles. The zero-order valence-electron chi connectivity index (χ0n) is 12.5. The van der Waals surface area contributed by atoms with Gasteiger partial charge in [-0.1, -0.05) is 6.07 Å². The SMILES string of the molecule is CC(C)n1cc(CN(C)Cc2ccc3nsnc3c2)cn1. The van der Waals surface area contributed by atoms with Crippen molar-refractivity contribution in [3.05, 3.63) is 41.7 Å². The molecule has 3 aromatic rings. The number of hydrogen-bond donors (Lipinski definition) is 0. The summed E-state index contributed by atoms with van der Waals surface area (Å²) in [5, 5.41) is 4.38. The molecule has 0 spiro atoms. The minimum absolute atomic E-state index is 0.406. The van der Waals surface area contributed by atoms with Crippen LogP contribution in [0.3, 0.4) is 0 Å². The number of fused-ring (bicyclic) bond motifs is 1. The van der Waals surface area contributed by atoms with Gasteiger partial charge in [0.05, 0.1) is 17.9 Å². The topological polar surface area (TPSA) is 46.8 Å². The second-order valence-electron chi connectivity index (χ2n) is 5.68. The van der Waals surface area contributed by atoms with Gasteiger partial charge in [0.2, 0.25) is 0 Å². The minimum atomic E-state index is 0.406. The molecule has 0 fully saturated rings. The Hall–Kier alpha value is -1.79. The molecule has 5 nitrogen and oxygen atoms in total. The molecular formula is C15H19N5S. The van der Waals surface area contributed by atoms with E-state index in [-0.39, 0.29) is 0 Å². The van der Waals surface area contributed by atoms with E-state index in [0.717, 1.165) is 24.1 Å². The lowest BCUT2D eigenvalue weighted by Crippen LogP contribution is -2.16. The van der Waals surface area contributed by atoms with Crippen LogP contribution in [-0.2, 0) is 13.1 Å². The number of aromatic nitrogens is 4. The first-order valence-corrected chi connectivity index (χ1v) is 7.77. The fraction of sp³-hybridized carbons (Fsp3) is 0.400. The highest BCUT2D eigenvalue weighted by atomic mass is 32.1. The molecule has 0 bridgehead atoms. The molecule has 0 aliphatic carbocycles. The van der Waals surface area contributed by atoms with E-state index in [0.29, 0.717) is 6.04 Å². The summed E-state index contributed by atoms with van der Waals surface area (Å²) >= 11 is 1.26. The van der Waals surface area contributed by atoms with Crippen LogP contribution in [0.15, 0.2) is 30.6 Å². The number of hydrogen-bond acceptors (Lipinski definition) is 5. The highest BCUT2D eigenvalue weighted by Gasteiger charge is 2.07. The summed E-state index contributed by atoms with van der Waals surface area (Å²) < 4.78 is 10.5. The van der Waals surface area contributed by atoms with Crippen LogP contribution in [-0.4, -0.2) is 30.5 Å². The van der Waals surface area contributed by atoms with Gasteiger partial charge in [0.15, 0.2) is 0 Å². The monoisotopic (exact) mass is 301 g/mol. The predicted octanol–water partition coefficient (Wildman–Crippen LogP) is 3.10. The van der Waals surface area contributed by atoms with Gasteiger partial charge in [-0.15, -0.1) is 0 Å². The first-order valence-electron chi connectivity index (χ1n) is 7.04. The van der Waals surface area contributed by atoms with Gasteiger partial charge in [-0.25, -0.2) is 0 Å². The number of nitrogens with zero attached hydrogens (tertiary/aromatic N) is 5. The van der Waals surface area contributed by atoms with E-state index in [1.54, 1.807) is 0 Å². The van der Waals surface area contributed by atoms with Crippen LogP contribution in [0, 0.1) is 0 Å². The van der Waals surface area contributed by atoms with Gasteiger partial charge < -0.3 is 0 Å². The lowest BCUT2D eigenvalue weighted by atomic mass is 10.2. The fourth-order valence-corrected chi connectivity index (χ4v) is 2.86. The molecule has 110 valence electrons. The highest BCUT2D eigenvalue weighted by Crippen LogP contribution is 2.15. The molecule has 6 heteroatoms. The zero-order valence-corrected chi connectivity index (χ0v) is 13.3. The molecule has 0 atom stereocenters. The summed E-state index contributed by atoms with van der Waals surface area (Å²) in [4.78, 5) is 2.28. The van der Waals surface area contributed by atoms with E-state index in [4.69, 9.17) is 0 Å². The van der Waals surface area contributed by atoms with Crippen LogP contribution in [0.1, 0.15) is 31.0 Å². The van der Waals surface area contributed by atoms with Crippen molar-refractivity contribution in [2.75, 3.05) is 7.05 Å². The molecule has 0 N–H and O–H groups in total. The lowest BCUT2D eigenvalue weighted by Gasteiger charge is -2.15. The van der Waals surface area contributed by atoms with Crippen LogP contribution in [0.2, 0.25) is 0 Å². The Bertz CT molecular complexity index is 730. The molecule has 0 saturated heterocycles. The van der Waals surface area contributed by atoms with Gasteiger partial charge in [-0.2, -0.15) is 13.8 Å². The van der Waals surface area contributed by atoms with Crippen LogP contribution < -0.4 is 0 Å².